The maximum Gasteiger partial charge on any atom is 0.269 e. The molecule has 1 saturated carbocycles. The van der Waals surface area contributed by atoms with E-state index in [4.69, 9.17) is 5.73 Å². The first-order chi connectivity index (χ1) is 10.0. The van der Waals surface area contributed by atoms with E-state index in [-0.39, 0.29) is 11.7 Å². The van der Waals surface area contributed by atoms with Crippen LogP contribution < -0.4 is 16.4 Å². The Morgan fingerprint density at radius 3 is 2.86 bits per heavy atom. The van der Waals surface area contributed by atoms with E-state index in [1.807, 2.05) is 32.0 Å². The van der Waals surface area contributed by atoms with Gasteiger partial charge >= 0.3 is 0 Å². The fraction of sp³-hybridized carbons (Fsp3) is 0.333. The van der Waals surface area contributed by atoms with Gasteiger partial charge in [-0.3, -0.25) is 4.79 Å². The zero-order chi connectivity index (χ0) is 15.0. The smallest absolute Gasteiger partial charge is 0.269 e. The lowest BCUT2D eigenvalue weighted by molar-refractivity contribution is 0.103. The average Bonchev–Trinajstić information content (AvgIpc) is 3.17. The van der Waals surface area contributed by atoms with Gasteiger partial charge < -0.3 is 16.4 Å². The predicted octanol–water partition coefficient (Wildman–Crippen LogP) is 3.17. The van der Waals surface area contributed by atoms with Crippen LogP contribution in [0, 0.1) is 13.8 Å². The second-order valence-corrected chi connectivity index (χ2v) is 6.35. The molecule has 4 N–H and O–H groups in total. The van der Waals surface area contributed by atoms with E-state index < -0.39 is 0 Å². The molecule has 110 valence electrons. The molecule has 1 aromatic heterocycles. The van der Waals surface area contributed by atoms with Crippen molar-refractivity contribution in [1.82, 2.24) is 4.98 Å². The molecule has 5 nitrogen and oxygen atoms in total. The minimum atomic E-state index is -0.206. The molecule has 3 rings (SSSR count). The summed E-state index contributed by atoms with van der Waals surface area (Å²) in [5, 5.41) is 6.90. The first kappa shape index (κ1) is 13.9. The van der Waals surface area contributed by atoms with Gasteiger partial charge in [0, 0.05) is 11.7 Å². The van der Waals surface area contributed by atoms with Gasteiger partial charge in [-0.25, -0.2) is 4.98 Å². The van der Waals surface area contributed by atoms with Crippen molar-refractivity contribution in [3.63, 3.8) is 0 Å². The van der Waals surface area contributed by atoms with Gasteiger partial charge in [0.1, 0.15) is 10.7 Å². The van der Waals surface area contributed by atoms with Crippen LogP contribution in [0.5, 0.6) is 0 Å². The van der Waals surface area contributed by atoms with Crippen molar-refractivity contribution in [1.29, 1.82) is 0 Å². The number of nitrogens with one attached hydrogen (secondary N) is 2. The van der Waals surface area contributed by atoms with E-state index in [0.717, 1.165) is 34.8 Å². The number of aromatic nitrogens is 1. The number of nitrogen functional groups attached to an aromatic ring is 1. The summed E-state index contributed by atoms with van der Waals surface area (Å²) in [5.41, 5.74) is 8.87. The quantitative estimate of drug-likeness (QED) is 0.810. The molecule has 1 aromatic carbocycles. The first-order valence-corrected chi connectivity index (χ1v) is 7.76. The van der Waals surface area contributed by atoms with Crippen LogP contribution in [0.2, 0.25) is 0 Å². The Morgan fingerprint density at radius 2 is 2.14 bits per heavy atom. The number of benzene rings is 1. The Morgan fingerprint density at radius 1 is 1.38 bits per heavy atom. The number of carbonyl (C=O) groups is 1. The molecule has 21 heavy (non-hydrogen) atoms. The van der Waals surface area contributed by atoms with Crippen molar-refractivity contribution >= 4 is 33.9 Å². The van der Waals surface area contributed by atoms with E-state index >= 15 is 0 Å². The second-order valence-electron chi connectivity index (χ2n) is 5.35. The summed E-state index contributed by atoms with van der Waals surface area (Å²) in [7, 11) is 0. The summed E-state index contributed by atoms with van der Waals surface area (Å²) >= 11 is 1.31. The van der Waals surface area contributed by atoms with Crippen molar-refractivity contribution in [3.05, 3.63) is 34.2 Å². The van der Waals surface area contributed by atoms with Crippen LogP contribution >= 0.6 is 11.3 Å². The SMILES string of the molecule is Cc1cccc(NC(=O)c2sc(NC3CC3)nc2N)c1C. The Kier molecular flexibility index (Phi) is 3.55. The summed E-state index contributed by atoms with van der Waals surface area (Å²) in [6, 6.07) is 6.32. The van der Waals surface area contributed by atoms with Crippen LogP contribution in [-0.4, -0.2) is 16.9 Å². The van der Waals surface area contributed by atoms with Crippen LogP contribution in [0.25, 0.3) is 0 Å². The van der Waals surface area contributed by atoms with Gasteiger partial charge in [0.05, 0.1) is 0 Å². The highest BCUT2D eigenvalue weighted by atomic mass is 32.1. The number of nitrogens with zero attached hydrogens (tertiary/aromatic N) is 1. The standard InChI is InChI=1S/C15H18N4OS/c1-8-4-3-5-11(9(8)2)18-14(20)12-13(16)19-15(21-12)17-10-6-7-10/h3-5,10H,6-7,16H2,1-2H3,(H,17,19)(H,18,20). The van der Waals surface area contributed by atoms with Crippen molar-refractivity contribution in [2.75, 3.05) is 16.4 Å². The van der Waals surface area contributed by atoms with Crippen molar-refractivity contribution in [2.24, 2.45) is 0 Å². The fourth-order valence-corrected chi connectivity index (χ4v) is 2.88. The maximum absolute atomic E-state index is 12.4. The van der Waals surface area contributed by atoms with Crippen LogP contribution in [0.3, 0.4) is 0 Å². The molecule has 0 saturated heterocycles. The molecule has 0 atom stereocenters. The molecule has 6 heteroatoms. The Bertz CT molecular complexity index is 691. The Hall–Kier alpha value is -2.08. The highest BCUT2D eigenvalue weighted by molar-refractivity contribution is 7.18. The lowest BCUT2D eigenvalue weighted by Crippen LogP contribution is -2.13. The number of hydrogen-bond acceptors (Lipinski definition) is 5. The molecule has 0 spiro atoms. The summed E-state index contributed by atoms with van der Waals surface area (Å²) in [6.45, 7) is 4.00. The highest BCUT2D eigenvalue weighted by Crippen LogP contribution is 2.31. The van der Waals surface area contributed by atoms with Gasteiger partial charge in [-0.2, -0.15) is 0 Å². The molecule has 0 radical (unpaired) electrons. The van der Waals surface area contributed by atoms with Gasteiger partial charge in [-0.05, 0) is 43.9 Å². The van der Waals surface area contributed by atoms with E-state index in [1.54, 1.807) is 0 Å². The number of thiazole rings is 1. The van der Waals surface area contributed by atoms with Crippen molar-refractivity contribution in [3.8, 4) is 0 Å². The molecule has 1 amide bonds. The molecule has 1 heterocycles. The number of rotatable bonds is 4. The minimum Gasteiger partial charge on any atom is -0.382 e. The maximum atomic E-state index is 12.4. The fourth-order valence-electron chi connectivity index (χ4n) is 2.02. The van der Waals surface area contributed by atoms with Crippen LogP contribution in [-0.2, 0) is 0 Å². The zero-order valence-electron chi connectivity index (χ0n) is 12.1. The van der Waals surface area contributed by atoms with E-state index in [0.29, 0.717) is 10.9 Å². The summed E-state index contributed by atoms with van der Waals surface area (Å²) in [6.07, 6.45) is 2.31. The predicted molar refractivity (Wildman–Crippen MR) is 87.0 cm³/mol. The third kappa shape index (κ3) is 3.00. The molecule has 2 aromatic rings. The number of anilines is 3. The minimum absolute atomic E-state index is 0.206. The molecule has 1 aliphatic rings. The summed E-state index contributed by atoms with van der Waals surface area (Å²) in [5.74, 6) is 0.0773. The van der Waals surface area contributed by atoms with Gasteiger partial charge in [0.25, 0.3) is 5.91 Å². The topological polar surface area (TPSA) is 80.0 Å². The Balaban J connectivity index is 1.78. The first-order valence-electron chi connectivity index (χ1n) is 6.95. The normalized spacial score (nSPS) is 14.0. The number of carbonyl (C=O) groups excluding carboxylic acids is 1. The molecule has 0 aliphatic heterocycles. The van der Waals surface area contributed by atoms with E-state index in [2.05, 4.69) is 15.6 Å². The molecular weight excluding hydrogens is 284 g/mol. The largest absolute Gasteiger partial charge is 0.382 e. The lowest BCUT2D eigenvalue weighted by Gasteiger charge is -2.09. The summed E-state index contributed by atoms with van der Waals surface area (Å²) in [4.78, 5) is 17.0. The van der Waals surface area contributed by atoms with Crippen LogP contribution in [0.4, 0.5) is 16.6 Å². The van der Waals surface area contributed by atoms with Gasteiger partial charge in [-0.1, -0.05) is 23.5 Å². The van der Waals surface area contributed by atoms with Crippen molar-refractivity contribution in [2.45, 2.75) is 32.7 Å². The average molecular weight is 302 g/mol. The molecule has 1 fully saturated rings. The third-order valence-corrected chi connectivity index (χ3v) is 4.62. The molecule has 0 bridgehead atoms. The van der Waals surface area contributed by atoms with Crippen LogP contribution in [0.1, 0.15) is 33.6 Å². The zero-order valence-corrected chi connectivity index (χ0v) is 12.9. The summed E-state index contributed by atoms with van der Waals surface area (Å²) < 4.78 is 0. The van der Waals surface area contributed by atoms with Crippen molar-refractivity contribution < 1.29 is 4.79 Å². The highest BCUT2D eigenvalue weighted by Gasteiger charge is 2.24. The van der Waals surface area contributed by atoms with E-state index in [9.17, 15) is 4.79 Å². The second kappa shape index (κ2) is 5.37. The number of aryl methyl sites for hydroxylation is 1. The number of nitrogens with two attached hydrogens (primary N) is 1. The monoisotopic (exact) mass is 302 g/mol. The molecule has 0 unspecified atom stereocenters. The number of hydrogen-bond donors (Lipinski definition) is 3. The van der Waals surface area contributed by atoms with Gasteiger partial charge in [0.15, 0.2) is 5.13 Å². The van der Waals surface area contributed by atoms with Gasteiger partial charge in [0.2, 0.25) is 0 Å². The van der Waals surface area contributed by atoms with Gasteiger partial charge in [-0.15, -0.1) is 0 Å². The molecular formula is C15H18N4OS. The van der Waals surface area contributed by atoms with Crippen LogP contribution in [0.15, 0.2) is 18.2 Å². The molecule has 1 aliphatic carbocycles. The third-order valence-electron chi connectivity index (χ3n) is 3.62. The Labute approximate surface area is 127 Å². The van der Waals surface area contributed by atoms with E-state index in [1.165, 1.54) is 11.3 Å². The lowest BCUT2D eigenvalue weighted by atomic mass is 10.1. The number of amides is 1.